The number of fused-ring (bicyclic) bond motifs is 1. The quantitative estimate of drug-likeness (QED) is 0.927. The van der Waals surface area contributed by atoms with E-state index in [1.807, 2.05) is 13.0 Å². The summed E-state index contributed by atoms with van der Waals surface area (Å²) in [4.78, 5) is 13.4. The van der Waals surface area contributed by atoms with Crippen molar-refractivity contribution in [2.24, 2.45) is 0 Å². The molecule has 3 rings (SSSR count). The van der Waals surface area contributed by atoms with Crippen LogP contribution in [0, 0.1) is 0 Å². The second kappa shape index (κ2) is 5.36. The number of para-hydroxylation sites is 2. The highest BCUT2D eigenvalue weighted by atomic mass is 15.3. The van der Waals surface area contributed by atoms with Crippen LogP contribution in [0.2, 0.25) is 0 Å². The van der Waals surface area contributed by atoms with Crippen molar-refractivity contribution < 1.29 is 0 Å². The van der Waals surface area contributed by atoms with Gasteiger partial charge in [-0.2, -0.15) is 4.98 Å². The first-order valence-corrected chi connectivity index (χ1v) is 6.94. The maximum Gasteiger partial charge on any atom is 0.224 e. The zero-order chi connectivity index (χ0) is 13.9. The lowest BCUT2D eigenvalue weighted by Gasteiger charge is -2.36. The van der Waals surface area contributed by atoms with Gasteiger partial charge in [-0.15, -0.1) is 0 Å². The molecular formula is C15H19N5. The number of nitrogens with zero attached hydrogens (tertiary/aromatic N) is 4. The maximum atomic E-state index is 4.60. The highest BCUT2D eigenvalue weighted by Gasteiger charge is 2.21. The zero-order valence-electron chi connectivity index (χ0n) is 11.9. The molecule has 1 aromatic carbocycles. The van der Waals surface area contributed by atoms with Crippen LogP contribution in [0.3, 0.4) is 0 Å². The van der Waals surface area contributed by atoms with Crippen LogP contribution in [0.5, 0.6) is 0 Å². The van der Waals surface area contributed by atoms with Crippen LogP contribution < -0.4 is 15.1 Å². The van der Waals surface area contributed by atoms with E-state index in [-0.39, 0.29) is 0 Å². The highest BCUT2D eigenvalue weighted by Crippen LogP contribution is 2.35. The molecular weight excluding hydrogens is 250 g/mol. The molecule has 0 aliphatic carbocycles. The molecule has 1 aromatic heterocycles. The molecule has 0 fully saturated rings. The minimum absolute atomic E-state index is 0.682. The van der Waals surface area contributed by atoms with Gasteiger partial charge in [-0.05, 0) is 25.1 Å². The van der Waals surface area contributed by atoms with E-state index >= 15 is 0 Å². The predicted octanol–water partition coefficient (Wildman–Crippen LogP) is 2.50. The summed E-state index contributed by atoms with van der Waals surface area (Å²) in [5, 5.41) is 3.16. The Labute approximate surface area is 119 Å². The average molecular weight is 269 g/mol. The molecule has 1 N–H and O–H groups in total. The summed E-state index contributed by atoms with van der Waals surface area (Å²) in [6.07, 6.45) is 1.81. The maximum absolute atomic E-state index is 4.60. The van der Waals surface area contributed by atoms with Gasteiger partial charge in [-0.3, -0.25) is 0 Å². The first-order valence-electron chi connectivity index (χ1n) is 6.94. The van der Waals surface area contributed by atoms with Gasteiger partial charge < -0.3 is 15.1 Å². The molecule has 0 amide bonds. The third kappa shape index (κ3) is 2.27. The van der Waals surface area contributed by atoms with Crippen LogP contribution in [-0.4, -0.2) is 36.6 Å². The van der Waals surface area contributed by atoms with E-state index in [9.17, 15) is 0 Å². The number of anilines is 4. The van der Waals surface area contributed by atoms with E-state index in [0.29, 0.717) is 5.95 Å². The highest BCUT2D eigenvalue weighted by molar-refractivity contribution is 5.78. The standard InChI is InChI=1S/C15H19N5/c1-3-16-15-17-9-8-14(18-15)20-11-10-19(2)12-6-4-5-7-13(12)20/h4-9H,3,10-11H2,1-2H3,(H,16,17,18). The molecule has 5 nitrogen and oxygen atoms in total. The number of likely N-dealkylation sites (N-methyl/N-ethyl adjacent to an activating group) is 1. The molecule has 0 bridgehead atoms. The van der Waals surface area contributed by atoms with E-state index in [4.69, 9.17) is 0 Å². The summed E-state index contributed by atoms with van der Waals surface area (Å²) in [6.45, 7) is 4.78. The molecule has 5 heteroatoms. The summed E-state index contributed by atoms with van der Waals surface area (Å²) in [6, 6.07) is 10.4. The molecule has 0 radical (unpaired) electrons. The Balaban J connectivity index is 1.99. The first kappa shape index (κ1) is 12.7. The van der Waals surface area contributed by atoms with Crippen molar-refractivity contribution in [1.29, 1.82) is 0 Å². The monoisotopic (exact) mass is 269 g/mol. The van der Waals surface area contributed by atoms with Crippen LogP contribution in [0.15, 0.2) is 36.5 Å². The Bertz CT molecular complexity index is 598. The summed E-state index contributed by atoms with van der Waals surface area (Å²) >= 11 is 0. The van der Waals surface area contributed by atoms with Gasteiger partial charge >= 0.3 is 0 Å². The van der Waals surface area contributed by atoms with Crippen LogP contribution in [0.1, 0.15) is 6.92 Å². The predicted molar refractivity (Wildman–Crippen MR) is 82.9 cm³/mol. The van der Waals surface area contributed by atoms with Gasteiger partial charge in [0.2, 0.25) is 5.95 Å². The second-order valence-electron chi connectivity index (χ2n) is 4.83. The molecule has 1 aliphatic heterocycles. The van der Waals surface area contributed by atoms with E-state index in [0.717, 1.165) is 25.5 Å². The molecule has 0 saturated heterocycles. The van der Waals surface area contributed by atoms with Crippen LogP contribution in [-0.2, 0) is 0 Å². The first-order chi connectivity index (χ1) is 9.79. The van der Waals surface area contributed by atoms with Crippen molar-refractivity contribution in [3.05, 3.63) is 36.5 Å². The molecule has 0 spiro atoms. The molecule has 1 aliphatic rings. The van der Waals surface area contributed by atoms with E-state index in [1.54, 1.807) is 6.20 Å². The topological polar surface area (TPSA) is 44.3 Å². The van der Waals surface area contributed by atoms with Gasteiger partial charge in [0.05, 0.1) is 11.4 Å². The normalized spacial score (nSPS) is 14.1. The third-order valence-electron chi connectivity index (χ3n) is 3.50. The van der Waals surface area contributed by atoms with Gasteiger partial charge in [0.15, 0.2) is 0 Å². The van der Waals surface area contributed by atoms with Gasteiger partial charge in [0.25, 0.3) is 0 Å². The fourth-order valence-corrected chi connectivity index (χ4v) is 2.49. The molecule has 20 heavy (non-hydrogen) atoms. The lowest BCUT2D eigenvalue weighted by Crippen LogP contribution is -2.36. The van der Waals surface area contributed by atoms with Crippen molar-refractivity contribution in [3.8, 4) is 0 Å². The lowest BCUT2D eigenvalue weighted by atomic mass is 10.2. The minimum Gasteiger partial charge on any atom is -0.371 e. The largest absolute Gasteiger partial charge is 0.371 e. The van der Waals surface area contributed by atoms with Gasteiger partial charge in [0.1, 0.15) is 5.82 Å². The number of nitrogens with one attached hydrogen (secondary N) is 1. The minimum atomic E-state index is 0.682. The lowest BCUT2D eigenvalue weighted by molar-refractivity contribution is 0.811. The van der Waals surface area contributed by atoms with Gasteiger partial charge in [0, 0.05) is 32.9 Å². The smallest absolute Gasteiger partial charge is 0.224 e. The molecule has 0 saturated carbocycles. The van der Waals surface area contributed by atoms with E-state index in [2.05, 4.69) is 56.4 Å². The van der Waals surface area contributed by atoms with E-state index in [1.165, 1.54) is 11.4 Å². The Morgan fingerprint density at radius 2 is 1.95 bits per heavy atom. The van der Waals surface area contributed by atoms with Gasteiger partial charge in [-0.1, -0.05) is 12.1 Å². The Kier molecular flexibility index (Phi) is 3.41. The SMILES string of the molecule is CCNc1nccc(N2CCN(C)c3ccccc32)n1. The van der Waals surface area contributed by atoms with Crippen molar-refractivity contribution in [3.63, 3.8) is 0 Å². The summed E-state index contributed by atoms with van der Waals surface area (Å²) in [5.74, 6) is 1.62. The van der Waals surface area contributed by atoms with Gasteiger partial charge in [-0.25, -0.2) is 4.98 Å². The molecule has 0 unspecified atom stereocenters. The molecule has 104 valence electrons. The summed E-state index contributed by atoms with van der Waals surface area (Å²) in [7, 11) is 2.13. The number of hydrogen-bond donors (Lipinski definition) is 1. The fraction of sp³-hybridized carbons (Fsp3) is 0.333. The van der Waals surface area contributed by atoms with Crippen molar-refractivity contribution >= 4 is 23.1 Å². The van der Waals surface area contributed by atoms with Crippen molar-refractivity contribution in [2.75, 3.05) is 41.8 Å². The molecule has 2 heterocycles. The Morgan fingerprint density at radius 1 is 1.15 bits per heavy atom. The summed E-state index contributed by atoms with van der Waals surface area (Å²) < 4.78 is 0. The van der Waals surface area contributed by atoms with Crippen LogP contribution in [0.25, 0.3) is 0 Å². The Morgan fingerprint density at radius 3 is 2.75 bits per heavy atom. The van der Waals surface area contributed by atoms with Crippen molar-refractivity contribution in [1.82, 2.24) is 9.97 Å². The fourth-order valence-electron chi connectivity index (χ4n) is 2.49. The zero-order valence-corrected chi connectivity index (χ0v) is 11.9. The Hall–Kier alpha value is -2.30. The molecule has 0 atom stereocenters. The average Bonchev–Trinajstić information content (AvgIpc) is 2.49. The number of rotatable bonds is 3. The second-order valence-corrected chi connectivity index (χ2v) is 4.83. The van der Waals surface area contributed by atoms with Crippen LogP contribution in [0.4, 0.5) is 23.1 Å². The third-order valence-corrected chi connectivity index (χ3v) is 3.50. The van der Waals surface area contributed by atoms with Crippen LogP contribution >= 0.6 is 0 Å². The van der Waals surface area contributed by atoms with E-state index < -0.39 is 0 Å². The number of aromatic nitrogens is 2. The number of hydrogen-bond acceptors (Lipinski definition) is 5. The number of benzene rings is 1. The summed E-state index contributed by atoms with van der Waals surface area (Å²) in [5.41, 5.74) is 2.43. The van der Waals surface area contributed by atoms with Crippen molar-refractivity contribution in [2.45, 2.75) is 6.92 Å². The molecule has 2 aromatic rings.